The van der Waals surface area contributed by atoms with Crippen molar-refractivity contribution in [1.82, 2.24) is 4.57 Å². The van der Waals surface area contributed by atoms with Gasteiger partial charge in [0.25, 0.3) is 0 Å². The number of rotatable bonds is 3. The van der Waals surface area contributed by atoms with Gasteiger partial charge in [-0.15, -0.1) is 0 Å². The maximum atomic E-state index is 15.8. The van der Waals surface area contributed by atoms with E-state index in [4.69, 9.17) is 5.73 Å². The molecule has 1 aromatic carbocycles. The zero-order valence-corrected chi connectivity index (χ0v) is 16.3. The van der Waals surface area contributed by atoms with Crippen LogP contribution in [0.5, 0.6) is 0 Å². The van der Waals surface area contributed by atoms with Gasteiger partial charge in [0.15, 0.2) is 11.6 Å². The lowest BCUT2D eigenvalue weighted by Crippen LogP contribution is -2.53. The predicted octanol–water partition coefficient (Wildman–Crippen LogP) is 2.79. The second-order valence-electron chi connectivity index (χ2n) is 9.15. The molecule has 2 saturated carbocycles. The number of carboxylic acids is 1. The van der Waals surface area contributed by atoms with Crippen LogP contribution in [0.2, 0.25) is 0 Å². The Labute approximate surface area is 165 Å². The summed E-state index contributed by atoms with van der Waals surface area (Å²) < 4.78 is 32.7. The number of carboxylic acid groups (broad SMARTS) is 1. The molecule has 3 N–H and O–H groups in total. The van der Waals surface area contributed by atoms with Gasteiger partial charge in [-0.1, -0.05) is 6.92 Å². The molecule has 1 aromatic heterocycles. The van der Waals surface area contributed by atoms with E-state index in [0.717, 1.165) is 19.3 Å². The van der Waals surface area contributed by atoms with Crippen molar-refractivity contribution in [3.63, 3.8) is 0 Å². The van der Waals surface area contributed by atoms with Crippen LogP contribution >= 0.6 is 0 Å². The van der Waals surface area contributed by atoms with Crippen LogP contribution in [0.3, 0.4) is 0 Å². The SMILES string of the molecule is Cc1c(F)c(N2C[C@H]3[C@@H](N)C[C@@]3(C)C2)c(F)c2c1c(=O)c(C(=O)O)cn2C1CC1. The monoisotopic (exact) mass is 403 g/mol. The van der Waals surface area contributed by atoms with Crippen molar-refractivity contribution in [3.05, 3.63) is 39.2 Å². The van der Waals surface area contributed by atoms with Crippen molar-refractivity contribution in [2.45, 2.75) is 45.2 Å². The highest BCUT2D eigenvalue weighted by Gasteiger charge is 2.55. The number of hydrogen-bond acceptors (Lipinski definition) is 4. The summed E-state index contributed by atoms with van der Waals surface area (Å²) in [4.78, 5) is 26.0. The molecule has 2 aromatic rings. The fourth-order valence-electron chi connectivity index (χ4n) is 5.41. The van der Waals surface area contributed by atoms with E-state index in [1.54, 1.807) is 4.90 Å². The Balaban J connectivity index is 1.78. The Kier molecular flexibility index (Phi) is 3.70. The molecule has 1 aliphatic heterocycles. The molecule has 1 saturated heterocycles. The van der Waals surface area contributed by atoms with Gasteiger partial charge in [0.2, 0.25) is 5.43 Å². The van der Waals surface area contributed by atoms with Crippen molar-refractivity contribution in [3.8, 4) is 0 Å². The number of halogens is 2. The Morgan fingerprint density at radius 1 is 1.31 bits per heavy atom. The topological polar surface area (TPSA) is 88.6 Å². The van der Waals surface area contributed by atoms with Crippen molar-refractivity contribution in [2.24, 2.45) is 17.1 Å². The van der Waals surface area contributed by atoms with Crippen LogP contribution in [0.1, 0.15) is 48.1 Å². The van der Waals surface area contributed by atoms with E-state index >= 15 is 8.78 Å². The maximum Gasteiger partial charge on any atom is 0.341 e. The van der Waals surface area contributed by atoms with Gasteiger partial charge in [-0.25, -0.2) is 13.6 Å². The molecule has 2 heterocycles. The zero-order chi connectivity index (χ0) is 20.8. The lowest BCUT2D eigenvalue weighted by atomic mass is 9.60. The summed E-state index contributed by atoms with van der Waals surface area (Å²) in [5, 5.41) is 9.23. The lowest BCUT2D eigenvalue weighted by molar-refractivity contribution is 0.0694. The fraction of sp³-hybridized carbons (Fsp3) is 0.524. The summed E-state index contributed by atoms with van der Waals surface area (Å²) in [6, 6.07) is -0.0513. The zero-order valence-electron chi connectivity index (χ0n) is 16.3. The fourth-order valence-corrected chi connectivity index (χ4v) is 5.41. The standard InChI is InChI=1S/C21H23F2N3O3/c1-9-14-17(26(10-3-4-10)6-11(19(14)27)20(28)29)16(23)18(15(9)22)25-7-12-13(24)5-21(12,2)8-25/h6,10,12-13H,3-5,7-8,24H2,1-2H3,(H,28,29)/t12-,13-,21-/m0/s1. The third-order valence-corrected chi connectivity index (χ3v) is 7.13. The number of aryl methyl sites for hydroxylation is 1. The van der Waals surface area contributed by atoms with Crippen LogP contribution in [0.25, 0.3) is 10.9 Å². The molecular formula is C21H23F2N3O3. The number of aromatic nitrogens is 1. The summed E-state index contributed by atoms with van der Waals surface area (Å²) in [5.74, 6) is -2.80. The molecule has 0 amide bonds. The number of nitrogens with two attached hydrogens (primary N) is 1. The number of hydrogen-bond donors (Lipinski definition) is 2. The first-order valence-corrected chi connectivity index (χ1v) is 9.94. The molecule has 2 aliphatic carbocycles. The molecule has 8 heteroatoms. The van der Waals surface area contributed by atoms with Crippen LogP contribution < -0.4 is 16.1 Å². The van der Waals surface area contributed by atoms with Crippen molar-refractivity contribution < 1.29 is 18.7 Å². The van der Waals surface area contributed by atoms with E-state index in [0.29, 0.717) is 13.1 Å². The van der Waals surface area contributed by atoms with Crippen LogP contribution in [0.4, 0.5) is 14.5 Å². The third-order valence-electron chi connectivity index (χ3n) is 7.13. The molecule has 154 valence electrons. The van der Waals surface area contributed by atoms with Gasteiger partial charge in [0.1, 0.15) is 11.3 Å². The summed E-state index contributed by atoms with van der Waals surface area (Å²) in [7, 11) is 0. The number of anilines is 1. The molecule has 0 radical (unpaired) electrons. The lowest BCUT2D eigenvalue weighted by Gasteiger charge is -2.46. The van der Waals surface area contributed by atoms with E-state index in [1.807, 2.05) is 0 Å². The van der Waals surface area contributed by atoms with E-state index < -0.39 is 28.6 Å². The van der Waals surface area contributed by atoms with Gasteiger partial charge in [-0.3, -0.25) is 4.79 Å². The van der Waals surface area contributed by atoms with Crippen LogP contribution in [0.15, 0.2) is 11.0 Å². The Morgan fingerprint density at radius 2 is 2.00 bits per heavy atom. The average molecular weight is 403 g/mol. The number of nitrogens with zero attached hydrogens (tertiary/aromatic N) is 2. The van der Waals surface area contributed by atoms with E-state index in [1.165, 1.54) is 17.7 Å². The minimum Gasteiger partial charge on any atom is -0.477 e. The number of benzene rings is 1. The van der Waals surface area contributed by atoms with Gasteiger partial charge in [0.05, 0.1) is 10.9 Å². The summed E-state index contributed by atoms with van der Waals surface area (Å²) in [6.45, 7) is 4.48. The highest BCUT2D eigenvalue weighted by molar-refractivity contribution is 5.95. The predicted molar refractivity (Wildman–Crippen MR) is 104 cm³/mol. The maximum absolute atomic E-state index is 15.8. The number of fused-ring (bicyclic) bond motifs is 2. The molecule has 5 rings (SSSR count). The molecule has 0 spiro atoms. The first-order chi connectivity index (χ1) is 13.6. The second-order valence-corrected chi connectivity index (χ2v) is 9.15. The molecule has 0 bridgehead atoms. The van der Waals surface area contributed by atoms with Crippen molar-refractivity contribution >= 4 is 22.6 Å². The molecule has 6 nitrogen and oxygen atoms in total. The minimum absolute atomic E-state index is 0.00472. The van der Waals surface area contributed by atoms with Gasteiger partial charge in [0, 0.05) is 36.9 Å². The average Bonchev–Trinajstić information content (AvgIpc) is 3.44. The van der Waals surface area contributed by atoms with E-state index in [-0.39, 0.29) is 45.6 Å². The highest BCUT2D eigenvalue weighted by atomic mass is 19.1. The van der Waals surface area contributed by atoms with Gasteiger partial charge < -0.3 is 20.3 Å². The molecular weight excluding hydrogens is 380 g/mol. The van der Waals surface area contributed by atoms with Crippen molar-refractivity contribution in [2.75, 3.05) is 18.0 Å². The Morgan fingerprint density at radius 3 is 2.55 bits per heavy atom. The van der Waals surface area contributed by atoms with Gasteiger partial charge >= 0.3 is 5.97 Å². The molecule has 3 atom stereocenters. The largest absolute Gasteiger partial charge is 0.477 e. The summed E-state index contributed by atoms with van der Waals surface area (Å²) >= 11 is 0. The first kappa shape index (κ1) is 18.5. The van der Waals surface area contributed by atoms with E-state index in [2.05, 4.69) is 6.92 Å². The van der Waals surface area contributed by atoms with Gasteiger partial charge in [-0.2, -0.15) is 0 Å². The van der Waals surface area contributed by atoms with Crippen LogP contribution in [-0.2, 0) is 0 Å². The third kappa shape index (κ3) is 2.41. The normalized spacial score (nSPS) is 28.5. The number of pyridine rings is 1. The van der Waals surface area contributed by atoms with Crippen molar-refractivity contribution in [1.29, 1.82) is 0 Å². The Bertz CT molecular complexity index is 1140. The second kappa shape index (κ2) is 5.78. The summed E-state index contributed by atoms with van der Waals surface area (Å²) in [6.07, 6.45) is 3.56. The van der Waals surface area contributed by atoms with E-state index in [9.17, 15) is 14.7 Å². The van der Waals surface area contributed by atoms with Crippen LogP contribution in [0, 0.1) is 29.9 Å². The highest BCUT2D eigenvalue weighted by Crippen LogP contribution is 2.52. The van der Waals surface area contributed by atoms with Gasteiger partial charge in [-0.05, 0) is 37.5 Å². The quantitative estimate of drug-likeness (QED) is 0.823. The molecule has 3 aliphatic rings. The summed E-state index contributed by atoms with van der Waals surface area (Å²) in [5.41, 5.74) is 4.60. The number of carbonyl (C=O) groups is 1. The molecule has 0 unspecified atom stereocenters. The minimum atomic E-state index is -1.39. The first-order valence-electron chi connectivity index (χ1n) is 9.94. The smallest absolute Gasteiger partial charge is 0.341 e. The number of aromatic carboxylic acids is 1. The Hall–Kier alpha value is -2.48. The molecule has 29 heavy (non-hydrogen) atoms. The molecule has 3 fully saturated rings. The van der Waals surface area contributed by atoms with Crippen LogP contribution in [-0.4, -0.2) is 34.8 Å².